The third-order valence-electron chi connectivity index (χ3n) is 5.96. The number of pyridine rings is 1. The Morgan fingerprint density at radius 1 is 0.925 bits per heavy atom. The molecule has 0 aliphatic carbocycles. The van der Waals surface area contributed by atoms with Crippen molar-refractivity contribution in [2.45, 2.75) is 65.2 Å². The van der Waals surface area contributed by atoms with Crippen molar-refractivity contribution in [3.05, 3.63) is 36.0 Å². The van der Waals surface area contributed by atoms with Gasteiger partial charge in [-0.3, -0.25) is 14.6 Å². The summed E-state index contributed by atoms with van der Waals surface area (Å²) < 4.78 is 10.5. The highest BCUT2D eigenvalue weighted by Crippen LogP contribution is 2.26. The predicted octanol–water partition coefficient (Wildman–Crippen LogP) is 2.57. The number of nitrogens with one attached hydrogen (secondary N) is 2. The van der Waals surface area contributed by atoms with E-state index in [1.54, 1.807) is 69.7 Å². The van der Waals surface area contributed by atoms with E-state index in [0.29, 0.717) is 24.0 Å². The van der Waals surface area contributed by atoms with Crippen LogP contribution in [0.1, 0.15) is 47.1 Å². The molecule has 1 aromatic carbocycles. The van der Waals surface area contributed by atoms with Gasteiger partial charge in [-0.25, -0.2) is 9.59 Å². The average molecular weight is 558 g/mol. The topological polar surface area (TPSA) is 150 Å². The largest absolute Gasteiger partial charge is 0.506 e. The first-order chi connectivity index (χ1) is 18.6. The molecule has 0 unspecified atom stereocenters. The maximum absolute atomic E-state index is 13.4. The zero-order valence-electron chi connectivity index (χ0n) is 23.9. The Morgan fingerprint density at radius 2 is 1.52 bits per heavy atom. The number of phenolic OH excluding ortho intramolecular Hbond substituents is 1. The van der Waals surface area contributed by atoms with Crippen LogP contribution in [0, 0.1) is 0 Å². The van der Waals surface area contributed by atoms with Crippen LogP contribution in [0.4, 0.5) is 9.59 Å². The van der Waals surface area contributed by atoms with Gasteiger partial charge in [-0.15, -0.1) is 0 Å². The number of amides is 4. The van der Waals surface area contributed by atoms with Crippen LogP contribution in [0.25, 0.3) is 10.9 Å². The summed E-state index contributed by atoms with van der Waals surface area (Å²) in [6.07, 6.45) is 0.196. The van der Waals surface area contributed by atoms with Gasteiger partial charge in [0.2, 0.25) is 11.8 Å². The quantitative estimate of drug-likeness (QED) is 0.490. The fourth-order valence-electron chi connectivity index (χ4n) is 4.19. The molecule has 12 heteroatoms. The second-order valence-corrected chi connectivity index (χ2v) is 11.6. The molecule has 0 spiro atoms. The summed E-state index contributed by atoms with van der Waals surface area (Å²) in [7, 11) is 0. The van der Waals surface area contributed by atoms with Crippen molar-refractivity contribution in [1.82, 2.24) is 25.4 Å². The molecular formula is C28H39N5O7. The Hall–Kier alpha value is -4.09. The smallest absolute Gasteiger partial charge is 0.408 e. The predicted molar refractivity (Wildman–Crippen MR) is 148 cm³/mol. The molecule has 40 heavy (non-hydrogen) atoms. The fourth-order valence-corrected chi connectivity index (χ4v) is 4.19. The van der Waals surface area contributed by atoms with E-state index in [2.05, 4.69) is 15.6 Å². The van der Waals surface area contributed by atoms with Crippen LogP contribution in [-0.4, -0.2) is 93.9 Å². The fraction of sp³-hybridized carbons (Fsp3) is 0.536. The number of hydrogen-bond donors (Lipinski definition) is 3. The number of alkyl carbamates (subject to hydrolysis) is 2. The van der Waals surface area contributed by atoms with Crippen LogP contribution >= 0.6 is 0 Å². The summed E-state index contributed by atoms with van der Waals surface area (Å²) in [4.78, 5) is 58.5. The number of aromatic hydroxyl groups is 1. The molecule has 2 heterocycles. The minimum Gasteiger partial charge on any atom is -0.506 e. The highest BCUT2D eigenvalue weighted by atomic mass is 16.6. The van der Waals surface area contributed by atoms with Gasteiger partial charge in [0.1, 0.15) is 28.5 Å². The van der Waals surface area contributed by atoms with Gasteiger partial charge >= 0.3 is 12.2 Å². The van der Waals surface area contributed by atoms with E-state index in [4.69, 9.17) is 9.47 Å². The van der Waals surface area contributed by atoms with Crippen LogP contribution in [0.5, 0.6) is 5.75 Å². The van der Waals surface area contributed by atoms with E-state index in [1.165, 1.54) is 6.07 Å². The minimum absolute atomic E-state index is 0.0506. The molecule has 4 amide bonds. The van der Waals surface area contributed by atoms with Gasteiger partial charge in [0.15, 0.2) is 0 Å². The van der Waals surface area contributed by atoms with Crippen molar-refractivity contribution in [2.24, 2.45) is 0 Å². The summed E-state index contributed by atoms with van der Waals surface area (Å²) in [5, 5.41) is 15.9. The Balaban J connectivity index is 1.62. The maximum atomic E-state index is 13.4. The summed E-state index contributed by atoms with van der Waals surface area (Å²) in [6.45, 7) is 11.2. The van der Waals surface area contributed by atoms with E-state index in [0.717, 1.165) is 5.56 Å². The summed E-state index contributed by atoms with van der Waals surface area (Å²) in [5.74, 6) is -0.475. The van der Waals surface area contributed by atoms with Gasteiger partial charge in [0.25, 0.3) is 0 Å². The molecule has 12 nitrogen and oxygen atoms in total. The van der Waals surface area contributed by atoms with E-state index >= 15 is 0 Å². The summed E-state index contributed by atoms with van der Waals surface area (Å²) in [6, 6.07) is 5.70. The van der Waals surface area contributed by atoms with Crippen molar-refractivity contribution in [2.75, 3.05) is 32.7 Å². The van der Waals surface area contributed by atoms with Crippen LogP contribution in [-0.2, 0) is 25.5 Å². The van der Waals surface area contributed by atoms with E-state index < -0.39 is 35.3 Å². The van der Waals surface area contributed by atoms with E-state index in [-0.39, 0.29) is 37.7 Å². The SMILES string of the molecule is CC(C)(C)OC(=O)NC[C@@H](NC(=O)OC(C)(C)C)C(=O)N1CCN(C(=O)Cc2ccc(O)c3ncccc23)CC1. The third kappa shape index (κ3) is 8.72. The van der Waals surface area contributed by atoms with Crippen molar-refractivity contribution in [3.8, 4) is 5.75 Å². The van der Waals surface area contributed by atoms with Gasteiger partial charge in [0.05, 0.1) is 13.0 Å². The van der Waals surface area contributed by atoms with E-state index in [1.807, 2.05) is 6.07 Å². The van der Waals surface area contributed by atoms with Crippen molar-refractivity contribution in [1.29, 1.82) is 0 Å². The number of phenols is 1. The molecule has 0 saturated carbocycles. The lowest BCUT2D eigenvalue weighted by atomic mass is 10.0. The number of carbonyl (C=O) groups is 4. The van der Waals surface area contributed by atoms with Crippen LogP contribution in [0.15, 0.2) is 30.5 Å². The number of nitrogens with zero attached hydrogens (tertiary/aromatic N) is 3. The number of benzene rings is 1. The first kappa shape index (κ1) is 30.5. The first-order valence-electron chi connectivity index (χ1n) is 13.2. The second kappa shape index (κ2) is 12.4. The van der Waals surface area contributed by atoms with Crippen LogP contribution < -0.4 is 10.6 Å². The highest BCUT2D eigenvalue weighted by Gasteiger charge is 2.32. The maximum Gasteiger partial charge on any atom is 0.408 e. The van der Waals surface area contributed by atoms with Crippen molar-refractivity contribution in [3.63, 3.8) is 0 Å². The monoisotopic (exact) mass is 557 g/mol. The lowest BCUT2D eigenvalue weighted by Gasteiger charge is -2.36. The van der Waals surface area contributed by atoms with Crippen LogP contribution in [0.3, 0.4) is 0 Å². The molecule has 1 saturated heterocycles. The number of hydrogen-bond acceptors (Lipinski definition) is 8. The standard InChI is InChI=1S/C28H39N5O7/c1-27(2,3)39-25(37)30-17-20(31-26(38)40-28(4,5)6)24(36)33-14-12-32(13-15-33)22(35)16-18-9-10-21(34)23-19(18)8-7-11-29-23/h7-11,20,34H,12-17H2,1-6H3,(H,30,37)(H,31,38)/t20-/m1/s1. The molecule has 2 aromatic rings. The van der Waals surface area contributed by atoms with Gasteiger partial charge < -0.3 is 35.0 Å². The molecular weight excluding hydrogens is 518 g/mol. The molecule has 0 radical (unpaired) electrons. The molecule has 1 atom stereocenters. The number of carbonyl (C=O) groups excluding carboxylic acids is 4. The molecule has 218 valence electrons. The number of rotatable bonds is 6. The summed E-state index contributed by atoms with van der Waals surface area (Å²) >= 11 is 0. The number of aromatic nitrogens is 1. The molecule has 1 aromatic heterocycles. The normalized spacial score (nSPS) is 14.8. The Bertz CT molecular complexity index is 1240. The Kier molecular flexibility index (Phi) is 9.44. The van der Waals surface area contributed by atoms with Gasteiger partial charge in [-0.2, -0.15) is 0 Å². The number of ether oxygens (including phenoxy) is 2. The minimum atomic E-state index is -1.10. The molecule has 3 N–H and O–H groups in total. The zero-order valence-corrected chi connectivity index (χ0v) is 23.9. The van der Waals surface area contributed by atoms with E-state index in [9.17, 15) is 24.3 Å². The molecule has 3 rings (SSSR count). The average Bonchev–Trinajstić information content (AvgIpc) is 2.86. The Morgan fingerprint density at radius 3 is 2.15 bits per heavy atom. The second-order valence-electron chi connectivity index (χ2n) is 11.6. The lowest BCUT2D eigenvalue weighted by molar-refractivity contribution is -0.140. The Labute approximate surface area is 234 Å². The lowest BCUT2D eigenvalue weighted by Crippen LogP contribution is -2.59. The molecule has 1 aliphatic heterocycles. The molecule has 0 bridgehead atoms. The number of fused-ring (bicyclic) bond motifs is 1. The molecule has 1 aliphatic rings. The van der Waals surface area contributed by atoms with Gasteiger partial charge in [-0.1, -0.05) is 12.1 Å². The molecule has 1 fully saturated rings. The van der Waals surface area contributed by atoms with Crippen LogP contribution in [0.2, 0.25) is 0 Å². The first-order valence-corrected chi connectivity index (χ1v) is 13.2. The highest BCUT2D eigenvalue weighted by molar-refractivity contribution is 5.91. The van der Waals surface area contributed by atoms with Crippen molar-refractivity contribution < 1.29 is 33.8 Å². The van der Waals surface area contributed by atoms with Gasteiger partial charge in [-0.05, 0) is 59.2 Å². The third-order valence-corrected chi connectivity index (χ3v) is 5.96. The van der Waals surface area contributed by atoms with Crippen molar-refractivity contribution >= 4 is 34.9 Å². The zero-order chi connectivity index (χ0) is 29.7. The summed E-state index contributed by atoms with van der Waals surface area (Å²) in [5.41, 5.74) is -0.319. The van der Waals surface area contributed by atoms with Gasteiger partial charge in [0, 0.05) is 37.8 Å². The number of piperazine rings is 1.